The molecule has 0 aliphatic heterocycles. The molecule has 0 rings (SSSR count). The summed E-state index contributed by atoms with van der Waals surface area (Å²) in [5, 5.41) is 0. The standard InChI is InChI=1S/C65H112O6/c1-4-7-10-13-16-19-22-25-27-28-29-30-31-32-33-34-35-36-38-40-43-46-49-52-55-58-64(67)70-61-62(60-69-63(66)57-54-51-48-45-42-39-24-21-18-15-12-9-6-3)71-65(68)59-56-53-50-47-44-41-37-26-23-20-17-14-11-8-5-2/h9,12,18,21-22,25-26,28-29,37,39,42,48,51,62H,4-8,10-11,13-17,19-20,23-24,27,30-36,38,40-41,43-47,49-50,52-61H2,1-3H3/b12-9-,21-18-,25-22-,29-28-,37-26-,42-39-,51-48-. The van der Waals surface area contributed by atoms with Crippen LogP contribution < -0.4 is 0 Å². The molecule has 0 aliphatic rings. The molecule has 0 aliphatic carbocycles. The highest BCUT2D eigenvalue weighted by atomic mass is 16.6. The molecule has 0 spiro atoms. The van der Waals surface area contributed by atoms with Gasteiger partial charge in [0.25, 0.3) is 0 Å². The zero-order valence-corrected chi connectivity index (χ0v) is 46.7. The van der Waals surface area contributed by atoms with Gasteiger partial charge in [-0.2, -0.15) is 0 Å². The number of unbranched alkanes of at least 4 members (excludes halogenated alkanes) is 29. The molecule has 0 heterocycles. The van der Waals surface area contributed by atoms with Crippen molar-refractivity contribution in [3.8, 4) is 0 Å². The van der Waals surface area contributed by atoms with Gasteiger partial charge in [-0.25, -0.2) is 0 Å². The number of allylic oxidation sites excluding steroid dienone is 14. The highest BCUT2D eigenvalue weighted by molar-refractivity contribution is 5.71. The van der Waals surface area contributed by atoms with Crippen LogP contribution in [0.3, 0.4) is 0 Å². The monoisotopic (exact) mass is 989 g/mol. The molecule has 71 heavy (non-hydrogen) atoms. The zero-order valence-electron chi connectivity index (χ0n) is 46.7. The van der Waals surface area contributed by atoms with Crippen LogP contribution >= 0.6 is 0 Å². The molecular weight excluding hydrogens is 877 g/mol. The quantitative estimate of drug-likeness (QED) is 0.0261. The summed E-state index contributed by atoms with van der Waals surface area (Å²) in [5.74, 6) is -0.989. The van der Waals surface area contributed by atoms with Crippen molar-refractivity contribution in [3.05, 3.63) is 85.1 Å². The summed E-state index contributed by atoms with van der Waals surface area (Å²) < 4.78 is 16.8. The van der Waals surface area contributed by atoms with Crippen molar-refractivity contribution in [2.75, 3.05) is 13.2 Å². The molecule has 0 N–H and O–H groups in total. The molecule has 6 heteroatoms. The fourth-order valence-electron chi connectivity index (χ4n) is 8.36. The number of hydrogen-bond donors (Lipinski definition) is 0. The van der Waals surface area contributed by atoms with Crippen LogP contribution in [0.1, 0.15) is 290 Å². The van der Waals surface area contributed by atoms with E-state index in [2.05, 4.69) is 99.8 Å². The van der Waals surface area contributed by atoms with E-state index in [1.54, 1.807) is 0 Å². The van der Waals surface area contributed by atoms with E-state index in [4.69, 9.17) is 14.2 Å². The summed E-state index contributed by atoms with van der Waals surface area (Å²) >= 11 is 0. The zero-order chi connectivity index (χ0) is 51.4. The second-order valence-electron chi connectivity index (χ2n) is 19.9. The number of ether oxygens (including phenoxy) is 3. The van der Waals surface area contributed by atoms with Crippen molar-refractivity contribution < 1.29 is 28.6 Å². The molecule has 408 valence electrons. The highest BCUT2D eigenvalue weighted by Crippen LogP contribution is 2.16. The number of esters is 3. The average molecular weight is 990 g/mol. The van der Waals surface area contributed by atoms with Gasteiger partial charge in [0.15, 0.2) is 6.10 Å². The van der Waals surface area contributed by atoms with Crippen LogP contribution in [0, 0.1) is 0 Å². The minimum atomic E-state index is -0.810. The molecule has 0 amide bonds. The predicted octanol–water partition coefficient (Wildman–Crippen LogP) is 20.3. The Bertz CT molecular complexity index is 1370. The van der Waals surface area contributed by atoms with Crippen molar-refractivity contribution in [1.82, 2.24) is 0 Å². The van der Waals surface area contributed by atoms with Crippen molar-refractivity contribution in [2.24, 2.45) is 0 Å². The maximum absolute atomic E-state index is 12.8. The van der Waals surface area contributed by atoms with Gasteiger partial charge in [-0.15, -0.1) is 0 Å². The largest absolute Gasteiger partial charge is 0.462 e. The van der Waals surface area contributed by atoms with E-state index in [0.29, 0.717) is 19.3 Å². The Morgan fingerprint density at radius 3 is 0.958 bits per heavy atom. The summed E-state index contributed by atoms with van der Waals surface area (Å²) in [7, 11) is 0. The van der Waals surface area contributed by atoms with Crippen LogP contribution in [-0.2, 0) is 28.6 Å². The van der Waals surface area contributed by atoms with E-state index in [9.17, 15) is 14.4 Å². The molecule has 0 aromatic rings. The Labute approximate surface area is 439 Å². The normalized spacial score (nSPS) is 12.7. The number of carbonyl (C=O) groups excluding carboxylic acids is 3. The summed E-state index contributed by atoms with van der Waals surface area (Å²) in [6, 6.07) is 0. The smallest absolute Gasteiger partial charge is 0.306 e. The lowest BCUT2D eigenvalue weighted by Crippen LogP contribution is -2.30. The number of rotatable bonds is 54. The predicted molar refractivity (Wildman–Crippen MR) is 307 cm³/mol. The Balaban J connectivity index is 4.33. The van der Waals surface area contributed by atoms with Crippen molar-refractivity contribution >= 4 is 17.9 Å². The minimum Gasteiger partial charge on any atom is -0.462 e. The molecule has 0 radical (unpaired) electrons. The first kappa shape index (κ1) is 67.6. The van der Waals surface area contributed by atoms with Gasteiger partial charge in [-0.3, -0.25) is 14.4 Å². The van der Waals surface area contributed by atoms with Crippen molar-refractivity contribution in [2.45, 2.75) is 297 Å². The summed E-state index contributed by atoms with van der Waals surface area (Å²) in [6.07, 6.45) is 77.5. The first-order valence-corrected chi connectivity index (χ1v) is 30.1. The van der Waals surface area contributed by atoms with Gasteiger partial charge in [-0.05, 0) is 103 Å². The van der Waals surface area contributed by atoms with E-state index >= 15 is 0 Å². The van der Waals surface area contributed by atoms with Crippen LogP contribution in [0.5, 0.6) is 0 Å². The molecule has 6 nitrogen and oxygen atoms in total. The molecule has 0 saturated carbocycles. The van der Waals surface area contributed by atoms with Gasteiger partial charge in [0.2, 0.25) is 0 Å². The van der Waals surface area contributed by atoms with Gasteiger partial charge in [-0.1, -0.05) is 254 Å². The maximum Gasteiger partial charge on any atom is 0.306 e. The summed E-state index contributed by atoms with van der Waals surface area (Å²) in [5.41, 5.74) is 0. The molecule has 0 aromatic carbocycles. The van der Waals surface area contributed by atoms with Gasteiger partial charge in [0.1, 0.15) is 13.2 Å². The van der Waals surface area contributed by atoms with Crippen molar-refractivity contribution in [1.29, 1.82) is 0 Å². The lowest BCUT2D eigenvalue weighted by Gasteiger charge is -2.18. The topological polar surface area (TPSA) is 78.9 Å². The van der Waals surface area contributed by atoms with Crippen LogP contribution in [-0.4, -0.2) is 37.2 Å². The Morgan fingerprint density at radius 1 is 0.296 bits per heavy atom. The van der Waals surface area contributed by atoms with Crippen LogP contribution in [0.15, 0.2) is 85.1 Å². The molecular formula is C65H112O6. The molecule has 0 aromatic heterocycles. The fraction of sp³-hybridized carbons (Fsp3) is 0.738. The average Bonchev–Trinajstić information content (AvgIpc) is 3.37. The van der Waals surface area contributed by atoms with Gasteiger partial charge >= 0.3 is 17.9 Å². The molecule has 0 saturated heterocycles. The number of carbonyl (C=O) groups is 3. The van der Waals surface area contributed by atoms with Crippen molar-refractivity contribution in [3.63, 3.8) is 0 Å². The maximum atomic E-state index is 12.8. The second kappa shape index (κ2) is 59.2. The van der Waals surface area contributed by atoms with E-state index in [-0.39, 0.29) is 37.5 Å². The third kappa shape index (κ3) is 57.4. The van der Waals surface area contributed by atoms with Gasteiger partial charge < -0.3 is 14.2 Å². The Morgan fingerprint density at radius 2 is 0.577 bits per heavy atom. The minimum absolute atomic E-state index is 0.101. The number of hydrogen-bond acceptors (Lipinski definition) is 6. The summed E-state index contributed by atoms with van der Waals surface area (Å²) in [6.45, 7) is 6.45. The van der Waals surface area contributed by atoms with E-state index in [0.717, 1.165) is 83.5 Å². The van der Waals surface area contributed by atoms with E-state index < -0.39 is 6.10 Å². The molecule has 0 bridgehead atoms. The van der Waals surface area contributed by atoms with Crippen LogP contribution in [0.2, 0.25) is 0 Å². The van der Waals surface area contributed by atoms with Crippen LogP contribution in [0.25, 0.3) is 0 Å². The lowest BCUT2D eigenvalue weighted by atomic mass is 10.0. The highest BCUT2D eigenvalue weighted by Gasteiger charge is 2.19. The first-order chi connectivity index (χ1) is 35.0. The third-order valence-electron chi connectivity index (χ3n) is 12.9. The summed E-state index contributed by atoms with van der Waals surface area (Å²) in [4.78, 5) is 38.1. The second-order valence-corrected chi connectivity index (χ2v) is 19.9. The molecule has 0 fully saturated rings. The Hall–Kier alpha value is -3.41. The van der Waals surface area contributed by atoms with E-state index in [1.807, 2.05) is 6.08 Å². The Kier molecular flexibility index (Phi) is 56.3. The first-order valence-electron chi connectivity index (χ1n) is 30.1. The lowest BCUT2D eigenvalue weighted by molar-refractivity contribution is -0.166. The molecule has 1 atom stereocenters. The third-order valence-corrected chi connectivity index (χ3v) is 12.9. The van der Waals surface area contributed by atoms with E-state index in [1.165, 1.54) is 161 Å². The van der Waals surface area contributed by atoms with Crippen LogP contribution in [0.4, 0.5) is 0 Å². The van der Waals surface area contributed by atoms with Gasteiger partial charge in [0.05, 0.1) is 0 Å². The SMILES string of the molecule is CC/C=C\C/C=C\C/C=C\C/C=C\CCC(=O)OCC(COC(=O)CCCCCCCCCCCCCCC/C=C\C/C=C\CCCCCCC)OC(=O)CCCCCCC/C=C\CCCCCCCC. The van der Waals surface area contributed by atoms with Gasteiger partial charge in [0, 0.05) is 19.3 Å². The fourth-order valence-corrected chi connectivity index (χ4v) is 8.36. The molecule has 1 unspecified atom stereocenters.